The van der Waals surface area contributed by atoms with Crippen LogP contribution < -0.4 is 4.90 Å². The van der Waals surface area contributed by atoms with Crippen LogP contribution in [-0.2, 0) is 9.59 Å². The number of likely N-dealkylation sites (tertiary alicyclic amines) is 1. The highest BCUT2D eigenvalue weighted by molar-refractivity contribution is 7.11. The van der Waals surface area contributed by atoms with Crippen LogP contribution in [-0.4, -0.2) is 29.8 Å². The van der Waals surface area contributed by atoms with Gasteiger partial charge in [-0.05, 0) is 42.3 Å². The summed E-state index contributed by atoms with van der Waals surface area (Å²) in [5, 5.41) is 1.83. The van der Waals surface area contributed by atoms with Gasteiger partial charge < -0.3 is 4.90 Å². The van der Waals surface area contributed by atoms with Gasteiger partial charge in [0.05, 0.1) is 11.3 Å². The van der Waals surface area contributed by atoms with Crippen molar-refractivity contribution in [1.82, 2.24) is 4.90 Å². The number of thiophene rings is 1. The second-order valence-electron chi connectivity index (χ2n) is 6.94. The number of amides is 2. The van der Waals surface area contributed by atoms with Crippen LogP contribution in [0.4, 0.5) is 14.5 Å². The van der Waals surface area contributed by atoms with Crippen LogP contribution >= 0.6 is 11.3 Å². The van der Waals surface area contributed by atoms with Crippen LogP contribution in [0.2, 0.25) is 0 Å². The number of piperidine rings is 1. The molecule has 140 valence electrons. The van der Waals surface area contributed by atoms with Gasteiger partial charge in [-0.1, -0.05) is 13.0 Å². The fraction of sp³-hybridized carbons (Fsp3) is 0.300. The summed E-state index contributed by atoms with van der Waals surface area (Å²) < 4.78 is 27.6. The van der Waals surface area contributed by atoms with E-state index in [2.05, 4.69) is 6.92 Å². The number of imide groups is 1. The molecule has 1 aromatic heterocycles. The molecule has 0 N–H and O–H groups in total. The van der Waals surface area contributed by atoms with Crippen molar-refractivity contribution >= 4 is 34.4 Å². The summed E-state index contributed by atoms with van der Waals surface area (Å²) in [6.45, 7) is 3.45. The molecule has 7 heteroatoms. The molecule has 0 aliphatic carbocycles. The van der Waals surface area contributed by atoms with Crippen molar-refractivity contribution in [1.29, 1.82) is 0 Å². The van der Waals surface area contributed by atoms with E-state index in [9.17, 15) is 18.4 Å². The van der Waals surface area contributed by atoms with Gasteiger partial charge in [0.2, 0.25) is 0 Å². The summed E-state index contributed by atoms with van der Waals surface area (Å²) in [5.41, 5.74) is 0.395. The lowest BCUT2D eigenvalue weighted by Gasteiger charge is -2.33. The van der Waals surface area contributed by atoms with Gasteiger partial charge in [0.1, 0.15) is 17.3 Å². The second-order valence-corrected chi connectivity index (χ2v) is 7.88. The number of hydrogen-bond donors (Lipinski definition) is 0. The molecule has 27 heavy (non-hydrogen) atoms. The lowest BCUT2D eigenvalue weighted by Crippen LogP contribution is -2.39. The van der Waals surface area contributed by atoms with Crippen LogP contribution in [0.5, 0.6) is 0 Å². The minimum absolute atomic E-state index is 0.222. The molecule has 1 atom stereocenters. The Labute approximate surface area is 159 Å². The Hall–Kier alpha value is -2.54. The maximum Gasteiger partial charge on any atom is 0.282 e. The lowest BCUT2D eigenvalue weighted by molar-refractivity contribution is -0.120. The maximum atomic E-state index is 14.3. The molecule has 2 aromatic rings. The van der Waals surface area contributed by atoms with Crippen molar-refractivity contribution in [2.45, 2.75) is 19.8 Å². The number of benzene rings is 1. The Morgan fingerprint density at radius 3 is 2.63 bits per heavy atom. The molecule has 4 nitrogen and oxygen atoms in total. The van der Waals surface area contributed by atoms with Crippen molar-refractivity contribution < 1.29 is 18.4 Å². The zero-order valence-electron chi connectivity index (χ0n) is 14.7. The molecule has 1 fully saturated rings. The van der Waals surface area contributed by atoms with Crippen molar-refractivity contribution in [3.8, 4) is 0 Å². The molecule has 0 bridgehead atoms. The highest BCUT2D eigenvalue weighted by Crippen LogP contribution is 2.38. The van der Waals surface area contributed by atoms with E-state index in [1.807, 2.05) is 16.3 Å². The van der Waals surface area contributed by atoms with E-state index in [-0.39, 0.29) is 5.69 Å². The number of hydrogen-bond acceptors (Lipinski definition) is 4. The summed E-state index contributed by atoms with van der Waals surface area (Å²) in [7, 11) is 0. The Bertz CT molecular complexity index is 939. The van der Waals surface area contributed by atoms with E-state index in [4.69, 9.17) is 0 Å². The molecule has 3 heterocycles. The standard InChI is InChI=1S/C20H18F2N2O2S/c1-12-4-2-8-23(11-12)18-17(16-5-3-9-27-16)19(25)24(20(18)26)15-7-6-13(21)10-14(15)22/h3,5-7,9-10,12H,2,4,8,11H2,1H3. The van der Waals surface area contributed by atoms with Crippen molar-refractivity contribution in [3.05, 3.63) is 57.9 Å². The summed E-state index contributed by atoms with van der Waals surface area (Å²) in [6, 6.07) is 6.45. The van der Waals surface area contributed by atoms with Crippen LogP contribution in [0.25, 0.3) is 5.57 Å². The Morgan fingerprint density at radius 1 is 1.15 bits per heavy atom. The van der Waals surface area contributed by atoms with Gasteiger partial charge in [-0.2, -0.15) is 0 Å². The van der Waals surface area contributed by atoms with Crippen molar-refractivity contribution in [2.24, 2.45) is 5.92 Å². The topological polar surface area (TPSA) is 40.6 Å². The number of carbonyl (C=O) groups is 2. The van der Waals surface area contributed by atoms with Crippen LogP contribution in [0.3, 0.4) is 0 Å². The van der Waals surface area contributed by atoms with Gasteiger partial charge >= 0.3 is 0 Å². The number of halogens is 2. The largest absolute Gasteiger partial charge is 0.366 e. The number of rotatable bonds is 3. The summed E-state index contributed by atoms with van der Waals surface area (Å²) in [4.78, 5) is 29.8. The third kappa shape index (κ3) is 3.06. The van der Waals surface area contributed by atoms with Gasteiger partial charge in [-0.25, -0.2) is 13.7 Å². The third-order valence-corrected chi connectivity index (χ3v) is 5.84. The van der Waals surface area contributed by atoms with Crippen LogP contribution in [0, 0.1) is 17.6 Å². The number of carbonyl (C=O) groups excluding carboxylic acids is 2. The summed E-state index contributed by atoms with van der Waals surface area (Å²) >= 11 is 1.36. The first kappa shape index (κ1) is 17.9. The second kappa shape index (κ2) is 6.88. The minimum Gasteiger partial charge on any atom is -0.366 e. The normalized spacial score (nSPS) is 20.8. The fourth-order valence-corrected chi connectivity index (χ4v) is 4.49. The molecule has 2 aliphatic heterocycles. The predicted molar refractivity (Wildman–Crippen MR) is 100 cm³/mol. The molecule has 1 saturated heterocycles. The molecule has 2 aliphatic rings. The summed E-state index contributed by atoms with van der Waals surface area (Å²) in [6.07, 6.45) is 1.99. The minimum atomic E-state index is -0.935. The van der Waals surface area contributed by atoms with Crippen LogP contribution in [0.15, 0.2) is 41.4 Å². The first-order valence-electron chi connectivity index (χ1n) is 8.84. The molecule has 0 radical (unpaired) electrons. The maximum absolute atomic E-state index is 14.3. The Morgan fingerprint density at radius 2 is 1.96 bits per heavy atom. The van der Waals surface area contributed by atoms with Crippen LogP contribution in [0.1, 0.15) is 24.6 Å². The number of nitrogens with zero attached hydrogens (tertiary/aromatic N) is 2. The first-order chi connectivity index (χ1) is 13.0. The lowest BCUT2D eigenvalue weighted by atomic mass is 9.99. The first-order valence-corrected chi connectivity index (χ1v) is 9.72. The smallest absolute Gasteiger partial charge is 0.282 e. The molecule has 2 amide bonds. The Balaban J connectivity index is 1.82. The average molecular weight is 388 g/mol. The van der Waals surface area contributed by atoms with E-state index in [1.54, 1.807) is 6.07 Å². The highest BCUT2D eigenvalue weighted by atomic mass is 32.1. The molecular weight excluding hydrogens is 370 g/mol. The molecule has 1 aromatic carbocycles. The monoisotopic (exact) mass is 388 g/mol. The van der Waals surface area contributed by atoms with E-state index < -0.39 is 23.4 Å². The van der Waals surface area contributed by atoms with Gasteiger partial charge in [0.25, 0.3) is 11.8 Å². The van der Waals surface area contributed by atoms with E-state index in [1.165, 1.54) is 11.3 Å². The van der Waals surface area contributed by atoms with Gasteiger partial charge in [0.15, 0.2) is 0 Å². The van der Waals surface area contributed by atoms with Gasteiger partial charge in [-0.3, -0.25) is 9.59 Å². The number of anilines is 1. The van der Waals surface area contributed by atoms with Crippen molar-refractivity contribution in [3.63, 3.8) is 0 Å². The highest BCUT2D eigenvalue weighted by Gasteiger charge is 2.44. The van der Waals surface area contributed by atoms with Gasteiger partial charge in [-0.15, -0.1) is 11.3 Å². The summed E-state index contributed by atoms with van der Waals surface area (Å²) in [5.74, 6) is -2.41. The van der Waals surface area contributed by atoms with E-state index in [0.29, 0.717) is 41.2 Å². The molecule has 4 rings (SSSR count). The third-order valence-electron chi connectivity index (χ3n) is 4.95. The average Bonchev–Trinajstić information content (AvgIpc) is 3.22. The predicted octanol–water partition coefficient (Wildman–Crippen LogP) is 4.04. The van der Waals surface area contributed by atoms with Crippen molar-refractivity contribution in [2.75, 3.05) is 18.0 Å². The Kier molecular flexibility index (Phi) is 4.55. The molecular formula is C20H18F2N2O2S. The quantitative estimate of drug-likeness (QED) is 0.745. The van der Waals surface area contributed by atoms with E-state index in [0.717, 1.165) is 29.9 Å². The SMILES string of the molecule is CC1CCCN(C2=C(c3cccs3)C(=O)N(c3ccc(F)cc3F)C2=O)C1. The fourth-order valence-electron chi connectivity index (χ4n) is 3.73. The molecule has 1 unspecified atom stereocenters. The molecule has 0 spiro atoms. The zero-order chi connectivity index (χ0) is 19.1. The molecule has 0 saturated carbocycles. The van der Waals surface area contributed by atoms with Gasteiger partial charge in [0, 0.05) is 24.0 Å². The van der Waals surface area contributed by atoms with E-state index >= 15 is 0 Å². The zero-order valence-corrected chi connectivity index (χ0v) is 15.6.